The summed E-state index contributed by atoms with van der Waals surface area (Å²) in [4.78, 5) is 11.0. The van der Waals surface area contributed by atoms with Crippen molar-refractivity contribution in [2.45, 2.75) is 45.8 Å². The second-order valence-electron chi connectivity index (χ2n) is 6.15. The van der Waals surface area contributed by atoms with E-state index >= 15 is 0 Å². The lowest BCUT2D eigenvalue weighted by Gasteiger charge is -2.36. The van der Waals surface area contributed by atoms with E-state index < -0.39 is 14.1 Å². The summed E-state index contributed by atoms with van der Waals surface area (Å²) < 4.78 is 19.9. The molecule has 100 valence electrons. The summed E-state index contributed by atoms with van der Waals surface area (Å²) in [5.41, 5.74) is 1.01. The van der Waals surface area contributed by atoms with Crippen LogP contribution in [0.25, 0.3) is 0 Å². The third-order valence-corrected chi connectivity index (χ3v) is 7.83. The molecule has 0 atom stereocenters. The molecule has 1 rings (SSSR count). The number of benzene rings is 1. The molecule has 2 nitrogen and oxygen atoms in total. The lowest BCUT2D eigenvalue weighted by molar-refractivity contribution is 0.112. The summed E-state index contributed by atoms with van der Waals surface area (Å²) in [5.74, 6) is -0.357. The molecule has 0 fully saturated rings. The third-order valence-electron chi connectivity index (χ3n) is 3.51. The van der Waals surface area contributed by atoms with Crippen molar-refractivity contribution in [1.29, 1.82) is 0 Å². The average molecular weight is 268 g/mol. The number of aldehydes is 1. The molecule has 0 spiro atoms. The molecular weight excluding hydrogens is 247 g/mol. The average Bonchev–Trinajstić information content (AvgIpc) is 2.19. The molecule has 0 heterocycles. The van der Waals surface area contributed by atoms with E-state index in [-0.39, 0.29) is 16.4 Å². The molecule has 18 heavy (non-hydrogen) atoms. The Morgan fingerprint density at radius 3 is 2.28 bits per heavy atom. The van der Waals surface area contributed by atoms with Crippen molar-refractivity contribution >= 4 is 14.6 Å². The maximum absolute atomic E-state index is 14.0. The summed E-state index contributed by atoms with van der Waals surface area (Å²) in [5, 5.41) is -0.0372. The highest BCUT2D eigenvalue weighted by Crippen LogP contribution is 2.38. The van der Waals surface area contributed by atoms with Crippen LogP contribution < -0.4 is 4.43 Å². The van der Waals surface area contributed by atoms with E-state index in [1.807, 2.05) is 13.1 Å². The van der Waals surface area contributed by atoms with Crippen LogP contribution in [0, 0.1) is 12.7 Å². The molecule has 0 unspecified atom stereocenters. The minimum atomic E-state index is -2.14. The normalized spacial score (nSPS) is 12.4. The molecule has 0 amide bonds. The van der Waals surface area contributed by atoms with Gasteiger partial charge < -0.3 is 4.43 Å². The molecular formula is C14H21FO2Si. The minimum Gasteiger partial charge on any atom is -0.541 e. The number of carbonyl (C=O) groups is 1. The number of rotatable bonds is 3. The first-order chi connectivity index (χ1) is 8.08. The van der Waals surface area contributed by atoms with E-state index in [9.17, 15) is 9.18 Å². The molecule has 0 aliphatic carbocycles. The van der Waals surface area contributed by atoms with Crippen LogP contribution in [0.1, 0.15) is 36.7 Å². The highest BCUT2D eigenvalue weighted by Gasteiger charge is 2.40. The SMILES string of the molecule is Cc1cc(F)c(O[Si](C)(C)C(C)(C)C)c(C=O)c1. The zero-order valence-electron chi connectivity index (χ0n) is 11.9. The first-order valence-electron chi connectivity index (χ1n) is 6.03. The second-order valence-corrected chi connectivity index (χ2v) is 10.9. The van der Waals surface area contributed by atoms with Gasteiger partial charge in [-0.05, 0) is 42.8 Å². The van der Waals surface area contributed by atoms with Crippen LogP contribution in [-0.2, 0) is 0 Å². The van der Waals surface area contributed by atoms with Gasteiger partial charge in [-0.1, -0.05) is 20.8 Å². The van der Waals surface area contributed by atoms with Gasteiger partial charge in [-0.15, -0.1) is 0 Å². The lowest BCUT2D eigenvalue weighted by atomic mass is 10.1. The summed E-state index contributed by atoms with van der Waals surface area (Å²) in [6, 6.07) is 3.05. The first-order valence-corrected chi connectivity index (χ1v) is 8.93. The number of aryl methyl sites for hydroxylation is 1. The standard InChI is InChI=1S/C14H21FO2Si/c1-10-7-11(9-16)13(12(15)8-10)17-18(5,6)14(2,3)4/h7-9H,1-6H3. The Bertz CT molecular complexity index is 462. The largest absolute Gasteiger partial charge is 0.541 e. The molecule has 0 aliphatic heterocycles. The van der Waals surface area contributed by atoms with Crippen LogP contribution in [0.3, 0.4) is 0 Å². The Balaban J connectivity index is 3.23. The van der Waals surface area contributed by atoms with Crippen molar-refractivity contribution in [2.75, 3.05) is 0 Å². The van der Waals surface area contributed by atoms with E-state index in [2.05, 4.69) is 20.8 Å². The third kappa shape index (κ3) is 2.99. The highest BCUT2D eigenvalue weighted by atomic mass is 28.4. The van der Waals surface area contributed by atoms with Gasteiger partial charge >= 0.3 is 0 Å². The van der Waals surface area contributed by atoms with E-state index in [0.29, 0.717) is 6.29 Å². The van der Waals surface area contributed by atoms with Gasteiger partial charge in [0.25, 0.3) is 8.32 Å². The van der Waals surface area contributed by atoms with Gasteiger partial charge in [-0.25, -0.2) is 4.39 Å². The van der Waals surface area contributed by atoms with Gasteiger partial charge in [0.05, 0.1) is 5.56 Å². The van der Waals surface area contributed by atoms with Gasteiger partial charge in [0.1, 0.15) is 0 Å². The van der Waals surface area contributed by atoms with Crippen molar-refractivity contribution in [2.24, 2.45) is 0 Å². The van der Waals surface area contributed by atoms with E-state index in [4.69, 9.17) is 4.43 Å². The molecule has 0 N–H and O–H groups in total. The van der Waals surface area contributed by atoms with Gasteiger partial charge in [-0.3, -0.25) is 4.79 Å². The predicted molar refractivity (Wildman–Crippen MR) is 74.3 cm³/mol. The van der Waals surface area contributed by atoms with Gasteiger partial charge in [0.15, 0.2) is 17.9 Å². The molecule has 4 heteroatoms. The molecule has 1 aromatic rings. The van der Waals surface area contributed by atoms with Crippen molar-refractivity contribution < 1.29 is 13.6 Å². The summed E-state index contributed by atoms with van der Waals surface area (Å²) >= 11 is 0. The maximum Gasteiger partial charge on any atom is 0.250 e. The van der Waals surface area contributed by atoms with Crippen LogP contribution >= 0.6 is 0 Å². The van der Waals surface area contributed by atoms with Gasteiger partial charge in [0.2, 0.25) is 0 Å². The van der Waals surface area contributed by atoms with Gasteiger partial charge in [-0.2, -0.15) is 0 Å². The Morgan fingerprint density at radius 2 is 1.83 bits per heavy atom. The fourth-order valence-corrected chi connectivity index (χ4v) is 2.39. The zero-order chi connectivity index (χ0) is 14.1. The Morgan fingerprint density at radius 1 is 1.28 bits per heavy atom. The Hall–Kier alpha value is -1.16. The van der Waals surface area contributed by atoms with Crippen molar-refractivity contribution in [3.8, 4) is 5.75 Å². The fourth-order valence-electron chi connectivity index (χ4n) is 1.36. The smallest absolute Gasteiger partial charge is 0.250 e. The first kappa shape index (κ1) is 14.9. The second kappa shape index (κ2) is 4.84. The minimum absolute atomic E-state index is 0.0372. The molecule has 0 saturated carbocycles. The molecule has 0 saturated heterocycles. The van der Waals surface area contributed by atoms with E-state index in [1.165, 1.54) is 6.07 Å². The van der Waals surface area contributed by atoms with Crippen LogP contribution in [0.5, 0.6) is 5.75 Å². The predicted octanol–water partition coefficient (Wildman–Crippen LogP) is 4.33. The molecule has 0 radical (unpaired) electrons. The Labute approximate surface area is 109 Å². The van der Waals surface area contributed by atoms with Crippen molar-refractivity contribution in [3.05, 3.63) is 29.1 Å². The van der Waals surface area contributed by atoms with E-state index in [0.717, 1.165) is 5.56 Å². The summed E-state index contributed by atoms with van der Waals surface area (Å²) in [6.07, 6.45) is 0.651. The maximum atomic E-state index is 14.0. The number of carbonyl (C=O) groups excluding carboxylic acids is 1. The van der Waals surface area contributed by atoms with Crippen molar-refractivity contribution in [1.82, 2.24) is 0 Å². The zero-order valence-corrected chi connectivity index (χ0v) is 12.9. The molecule has 1 aromatic carbocycles. The topological polar surface area (TPSA) is 26.3 Å². The Kier molecular flexibility index (Phi) is 4.01. The summed E-state index contributed by atoms with van der Waals surface area (Å²) in [7, 11) is -2.14. The quantitative estimate of drug-likeness (QED) is 0.602. The van der Waals surface area contributed by atoms with Crippen LogP contribution in [0.2, 0.25) is 18.1 Å². The van der Waals surface area contributed by atoms with E-state index in [1.54, 1.807) is 13.0 Å². The highest BCUT2D eigenvalue weighted by molar-refractivity contribution is 6.74. The fraction of sp³-hybridized carbons (Fsp3) is 0.500. The van der Waals surface area contributed by atoms with Crippen LogP contribution in [-0.4, -0.2) is 14.6 Å². The number of hydrogen-bond acceptors (Lipinski definition) is 2. The lowest BCUT2D eigenvalue weighted by Crippen LogP contribution is -2.44. The van der Waals surface area contributed by atoms with Crippen molar-refractivity contribution in [3.63, 3.8) is 0 Å². The van der Waals surface area contributed by atoms with Crippen LogP contribution in [0.4, 0.5) is 4.39 Å². The monoisotopic (exact) mass is 268 g/mol. The number of halogens is 1. The number of hydrogen-bond donors (Lipinski definition) is 0. The molecule has 0 bridgehead atoms. The van der Waals surface area contributed by atoms with Crippen LogP contribution in [0.15, 0.2) is 12.1 Å². The molecule has 0 aliphatic rings. The molecule has 0 aromatic heterocycles. The summed E-state index contributed by atoms with van der Waals surface area (Å²) in [6.45, 7) is 12.0. The van der Waals surface area contributed by atoms with Gasteiger partial charge in [0, 0.05) is 0 Å².